The fourth-order valence-corrected chi connectivity index (χ4v) is 2.99. The first-order chi connectivity index (χ1) is 14.1. The van der Waals surface area contributed by atoms with Crippen molar-refractivity contribution in [3.8, 4) is 11.1 Å². The Hall–Kier alpha value is -3.92. The Morgan fingerprint density at radius 3 is 1.97 bits per heavy atom. The molecule has 0 aliphatic carbocycles. The van der Waals surface area contributed by atoms with Gasteiger partial charge in [0.25, 0.3) is 5.69 Å². The van der Waals surface area contributed by atoms with Crippen molar-refractivity contribution in [3.05, 3.63) is 126 Å². The topological polar surface area (TPSA) is 46.4 Å². The first-order valence-corrected chi connectivity index (χ1v) is 9.28. The predicted octanol–water partition coefficient (Wildman–Crippen LogP) is 7.05. The van der Waals surface area contributed by atoms with E-state index in [1.54, 1.807) is 12.1 Å². The summed E-state index contributed by atoms with van der Waals surface area (Å²) >= 11 is 0. The van der Waals surface area contributed by atoms with Crippen LogP contribution in [0.3, 0.4) is 0 Å². The number of hydrogen-bond acceptors (Lipinski definition) is 3. The summed E-state index contributed by atoms with van der Waals surface area (Å²) in [5, 5.41) is 10.8. The number of anilines is 2. The Morgan fingerprint density at radius 2 is 1.41 bits per heavy atom. The molecule has 0 atom stereocenters. The van der Waals surface area contributed by atoms with Crippen LogP contribution >= 0.6 is 0 Å². The van der Waals surface area contributed by atoms with E-state index in [2.05, 4.69) is 11.5 Å². The second kappa shape index (κ2) is 9.33. The van der Waals surface area contributed by atoms with E-state index in [0.29, 0.717) is 0 Å². The Labute approximate surface area is 170 Å². The number of benzene rings is 3. The molecule has 0 radical (unpaired) electrons. The molecule has 0 N–H and O–H groups in total. The maximum absolute atomic E-state index is 10.8. The highest BCUT2D eigenvalue weighted by atomic mass is 16.6. The Bertz CT molecular complexity index is 1030. The minimum absolute atomic E-state index is 0.0878. The van der Waals surface area contributed by atoms with Crippen LogP contribution in [-0.4, -0.2) is 4.92 Å². The Morgan fingerprint density at radius 1 is 0.862 bits per heavy atom. The predicted molar refractivity (Wildman–Crippen MR) is 120 cm³/mol. The first kappa shape index (κ1) is 19.8. The number of nitrogens with zero attached hydrogens (tertiary/aromatic N) is 2. The first-order valence-electron chi connectivity index (χ1n) is 9.28. The maximum atomic E-state index is 10.8. The van der Waals surface area contributed by atoms with Gasteiger partial charge in [-0.05, 0) is 60.5 Å². The minimum Gasteiger partial charge on any atom is -0.311 e. The molecule has 0 unspecified atom stereocenters. The zero-order valence-corrected chi connectivity index (χ0v) is 16.2. The molecule has 3 aromatic rings. The zero-order valence-electron chi connectivity index (χ0n) is 16.2. The van der Waals surface area contributed by atoms with Crippen LogP contribution in [0.1, 0.15) is 6.92 Å². The fraction of sp³-hybridized carbons (Fsp3) is 0.0400. The average Bonchev–Trinajstić information content (AvgIpc) is 2.75. The van der Waals surface area contributed by atoms with Crippen molar-refractivity contribution >= 4 is 17.1 Å². The molecule has 144 valence electrons. The van der Waals surface area contributed by atoms with E-state index in [9.17, 15) is 10.1 Å². The minimum atomic E-state index is -0.391. The highest BCUT2D eigenvalue weighted by molar-refractivity contribution is 5.73. The van der Waals surface area contributed by atoms with Gasteiger partial charge in [-0.1, -0.05) is 55.1 Å². The lowest BCUT2D eigenvalue weighted by Crippen LogP contribution is -2.14. The lowest BCUT2D eigenvalue weighted by Gasteiger charge is -2.25. The van der Waals surface area contributed by atoms with Gasteiger partial charge in [0.15, 0.2) is 0 Å². The third-order valence-electron chi connectivity index (χ3n) is 4.43. The average molecular weight is 382 g/mol. The summed E-state index contributed by atoms with van der Waals surface area (Å²) in [7, 11) is 0. The highest BCUT2D eigenvalue weighted by Crippen LogP contribution is 2.32. The molecule has 0 saturated carbocycles. The molecule has 0 saturated heterocycles. The number of hydrogen-bond donors (Lipinski definition) is 0. The van der Waals surface area contributed by atoms with Crippen LogP contribution in [0, 0.1) is 10.1 Å². The number of para-hydroxylation sites is 1. The molecule has 0 aromatic heterocycles. The third kappa shape index (κ3) is 4.87. The second-order valence-electron chi connectivity index (χ2n) is 6.40. The molecular weight excluding hydrogens is 360 g/mol. The summed E-state index contributed by atoms with van der Waals surface area (Å²) in [6.07, 6.45) is 7.86. The van der Waals surface area contributed by atoms with Crippen molar-refractivity contribution in [3.63, 3.8) is 0 Å². The van der Waals surface area contributed by atoms with E-state index in [1.807, 2.05) is 85.8 Å². The molecule has 4 nitrogen and oxygen atoms in total. The van der Waals surface area contributed by atoms with E-state index in [1.165, 1.54) is 12.1 Å². The molecule has 0 bridgehead atoms. The van der Waals surface area contributed by atoms with Crippen molar-refractivity contribution in [1.82, 2.24) is 0 Å². The van der Waals surface area contributed by atoms with Crippen molar-refractivity contribution in [1.29, 1.82) is 0 Å². The maximum Gasteiger partial charge on any atom is 0.269 e. The molecular formula is C25H22N2O2. The zero-order chi connectivity index (χ0) is 20.6. The molecule has 3 rings (SSSR count). The number of nitro benzene ring substituents is 1. The Kier molecular flexibility index (Phi) is 6.38. The normalized spacial score (nSPS) is 11.1. The molecule has 3 aromatic carbocycles. The van der Waals surface area contributed by atoms with Gasteiger partial charge in [-0.3, -0.25) is 10.1 Å². The molecule has 0 fully saturated rings. The third-order valence-corrected chi connectivity index (χ3v) is 4.43. The van der Waals surface area contributed by atoms with Crippen LogP contribution in [0.5, 0.6) is 0 Å². The smallest absolute Gasteiger partial charge is 0.269 e. The molecule has 29 heavy (non-hydrogen) atoms. The quantitative estimate of drug-likeness (QED) is 0.250. The van der Waals surface area contributed by atoms with Gasteiger partial charge in [-0.25, -0.2) is 0 Å². The van der Waals surface area contributed by atoms with E-state index >= 15 is 0 Å². The summed E-state index contributed by atoms with van der Waals surface area (Å²) in [5.74, 6) is 0. The van der Waals surface area contributed by atoms with E-state index in [-0.39, 0.29) is 5.69 Å². The van der Waals surface area contributed by atoms with Gasteiger partial charge in [0.1, 0.15) is 0 Å². The summed E-state index contributed by atoms with van der Waals surface area (Å²) in [4.78, 5) is 12.5. The number of nitro groups is 1. The number of allylic oxidation sites excluding steroid dienone is 4. The van der Waals surface area contributed by atoms with Gasteiger partial charge in [-0.2, -0.15) is 0 Å². The monoisotopic (exact) mass is 382 g/mol. The van der Waals surface area contributed by atoms with Gasteiger partial charge in [0, 0.05) is 29.2 Å². The molecule has 0 amide bonds. The second-order valence-corrected chi connectivity index (χ2v) is 6.40. The van der Waals surface area contributed by atoms with E-state index in [4.69, 9.17) is 0 Å². The molecule has 0 aliphatic heterocycles. The fourth-order valence-electron chi connectivity index (χ4n) is 2.99. The number of rotatable bonds is 7. The van der Waals surface area contributed by atoms with Gasteiger partial charge in [0.05, 0.1) is 4.92 Å². The van der Waals surface area contributed by atoms with E-state index in [0.717, 1.165) is 28.2 Å². The van der Waals surface area contributed by atoms with Crippen LogP contribution in [0.4, 0.5) is 17.1 Å². The van der Waals surface area contributed by atoms with Crippen LogP contribution in [-0.2, 0) is 0 Å². The van der Waals surface area contributed by atoms with Gasteiger partial charge < -0.3 is 4.90 Å². The molecule has 0 aliphatic rings. The molecule has 0 heterocycles. The highest BCUT2D eigenvalue weighted by Gasteiger charge is 2.12. The lowest BCUT2D eigenvalue weighted by molar-refractivity contribution is -0.384. The van der Waals surface area contributed by atoms with Crippen molar-refractivity contribution in [2.45, 2.75) is 6.92 Å². The van der Waals surface area contributed by atoms with Crippen LogP contribution in [0.2, 0.25) is 0 Å². The molecule has 0 spiro atoms. The Balaban J connectivity index is 1.92. The van der Waals surface area contributed by atoms with Gasteiger partial charge in [0.2, 0.25) is 0 Å². The van der Waals surface area contributed by atoms with E-state index < -0.39 is 4.92 Å². The SMILES string of the molecule is C=C(/C=C\C=C/C)N(c1ccccc1)c1ccc(-c2ccc([N+](=O)[O-])cc2)cc1. The van der Waals surface area contributed by atoms with Gasteiger partial charge >= 0.3 is 0 Å². The number of non-ortho nitro benzene ring substituents is 1. The standard InChI is InChI=1S/C25H22N2O2/c1-3-4-6-9-20(2)26(23-10-7-5-8-11-23)24-16-12-21(13-17-24)22-14-18-25(19-15-22)27(28)29/h3-19H,2H2,1H3/b4-3-,9-6-. The van der Waals surface area contributed by atoms with Crippen LogP contribution in [0.25, 0.3) is 11.1 Å². The van der Waals surface area contributed by atoms with Crippen LogP contribution < -0.4 is 4.90 Å². The summed E-state index contributed by atoms with van der Waals surface area (Å²) in [6.45, 7) is 6.20. The van der Waals surface area contributed by atoms with Crippen LogP contribution in [0.15, 0.2) is 115 Å². The largest absolute Gasteiger partial charge is 0.311 e. The van der Waals surface area contributed by atoms with Crippen molar-refractivity contribution in [2.75, 3.05) is 4.90 Å². The summed E-state index contributed by atoms with van der Waals surface area (Å²) in [6, 6.07) is 24.7. The van der Waals surface area contributed by atoms with Crippen molar-refractivity contribution in [2.24, 2.45) is 0 Å². The lowest BCUT2D eigenvalue weighted by atomic mass is 10.0. The van der Waals surface area contributed by atoms with Crippen molar-refractivity contribution < 1.29 is 4.92 Å². The summed E-state index contributed by atoms with van der Waals surface area (Å²) in [5.41, 5.74) is 4.86. The van der Waals surface area contributed by atoms with Gasteiger partial charge in [-0.15, -0.1) is 0 Å². The molecule has 4 heteroatoms. The summed E-state index contributed by atoms with van der Waals surface area (Å²) < 4.78 is 0.